The van der Waals surface area contributed by atoms with Crippen molar-refractivity contribution in [2.24, 2.45) is 0 Å². The third kappa shape index (κ3) is 4.38. The molecule has 25 heavy (non-hydrogen) atoms. The van der Waals surface area contributed by atoms with E-state index in [-0.39, 0.29) is 0 Å². The number of nitrogens with two attached hydrogens (primary N) is 1. The molecule has 3 rings (SSSR count). The van der Waals surface area contributed by atoms with Crippen LogP contribution in [0.25, 0.3) is 0 Å². The van der Waals surface area contributed by atoms with E-state index in [0.717, 1.165) is 48.5 Å². The van der Waals surface area contributed by atoms with Gasteiger partial charge in [0.1, 0.15) is 5.75 Å². The fourth-order valence-electron chi connectivity index (χ4n) is 2.84. The Morgan fingerprint density at radius 1 is 1.24 bits per heavy atom. The van der Waals surface area contributed by atoms with Crippen LogP contribution in [0.3, 0.4) is 0 Å². The van der Waals surface area contributed by atoms with Gasteiger partial charge in [0.15, 0.2) is 11.5 Å². The topological polar surface area (TPSA) is 65.0 Å². The van der Waals surface area contributed by atoms with Crippen LogP contribution >= 0.6 is 0 Å². The summed E-state index contributed by atoms with van der Waals surface area (Å²) in [6, 6.07) is 11.3. The highest BCUT2D eigenvalue weighted by Crippen LogP contribution is 2.24. The number of hydrogen-bond acceptors (Lipinski definition) is 4. The highest BCUT2D eigenvalue weighted by Gasteiger charge is 2.18. The van der Waals surface area contributed by atoms with Crippen LogP contribution in [0.4, 0.5) is 11.5 Å². The van der Waals surface area contributed by atoms with Gasteiger partial charge in [-0.05, 0) is 43.2 Å². The van der Waals surface area contributed by atoms with Crippen molar-refractivity contribution in [2.75, 3.05) is 25.1 Å². The lowest BCUT2D eigenvalue weighted by molar-refractivity contribution is -0.496. The minimum Gasteiger partial charge on any atom is -0.630 e. The molecule has 128 valence electrons. The van der Waals surface area contributed by atoms with E-state index < -0.39 is 0 Å². The maximum atomic E-state index is 11.2. The van der Waals surface area contributed by atoms with Gasteiger partial charge in [-0.2, -0.15) is 0 Å². The summed E-state index contributed by atoms with van der Waals surface area (Å²) in [6.07, 6.45) is 5.60. The second kappa shape index (κ2) is 8.34. The zero-order valence-electron chi connectivity index (χ0n) is 14.2. The number of aromatic nitrogens is 1. The largest absolute Gasteiger partial charge is 0.630 e. The van der Waals surface area contributed by atoms with Gasteiger partial charge >= 0.3 is 0 Å². The molecule has 1 saturated heterocycles. The maximum absolute atomic E-state index is 11.2. The van der Waals surface area contributed by atoms with E-state index in [4.69, 9.17) is 4.74 Å². The molecule has 0 atom stereocenters. The van der Waals surface area contributed by atoms with E-state index in [2.05, 4.69) is 21.7 Å². The van der Waals surface area contributed by atoms with Crippen molar-refractivity contribution in [3.05, 3.63) is 65.0 Å². The van der Waals surface area contributed by atoms with Crippen molar-refractivity contribution in [2.45, 2.75) is 12.8 Å². The number of nitrogens with zero attached hydrogens (tertiary/aromatic N) is 2. The van der Waals surface area contributed by atoms with Gasteiger partial charge in [-0.3, -0.25) is 0 Å². The van der Waals surface area contributed by atoms with E-state index in [1.807, 2.05) is 30.3 Å². The average Bonchev–Trinajstić information content (AvgIpc) is 2.68. The molecular weight excluding hydrogens is 314 g/mol. The molecule has 0 spiro atoms. The van der Waals surface area contributed by atoms with Crippen LogP contribution in [0.1, 0.15) is 18.4 Å². The zero-order valence-corrected chi connectivity index (χ0v) is 14.2. The van der Waals surface area contributed by atoms with Gasteiger partial charge in [0.2, 0.25) is 0 Å². The number of hydrogen-bond donors (Lipinski definition) is 1. The first-order chi connectivity index (χ1) is 12.3. The number of quaternary nitrogens is 1. The van der Waals surface area contributed by atoms with E-state index in [9.17, 15) is 5.21 Å². The Balaban J connectivity index is 1.62. The monoisotopic (exact) mass is 335 g/mol. The molecule has 1 aromatic carbocycles. The number of ether oxygens (including phenoxy) is 1. The number of benzene rings is 1. The predicted octanol–water partition coefficient (Wildman–Crippen LogP) is 2.36. The Bertz CT molecular complexity index is 811. The zero-order chi connectivity index (χ0) is 17.5. The maximum Gasteiger partial charge on any atom is 0.191 e. The van der Waals surface area contributed by atoms with Gasteiger partial charge in [-0.1, -0.05) is 23.5 Å². The molecule has 5 nitrogen and oxygen atoms in total. The molecule has 1 aromatic heterocycles. The lowest BCUT2D eigenvalue weighted by atomic mass is 10.0. The molecule has 0 aliphatic carbocycles. The minimum absolute atomic E-state index is 0.646. The first-order valence-electron chi connectivity index (χ1n) is 8.29. The van der Waals surface area contributed by atoms with Crippen LogP contribution in [0.2, 0.25) is 0 Å². The summed E-state index contributed by atoms with van der Waals surface area (Å²) in [4.78, 5) is 6.52. The summed E-state index contributed by atoms with van der Waals surface area (Å²) in [5.74, 6) is 7.88. The minimum atomic E-state index is 0.646. The van der Waals surface area contributed by atoms with E-state index in [1.54, 1.807) is 25.4 Å². The van der Waals surface area contributed by atoms with Crippen LogP contribution in [-0.2, 0) is 0 Å². The molecule has 1 aliphatic rings. The summed E-state index contributed by atoms with van der Waals surface area (Å²) in [6.45, 7) is 1.70. The molecule has 2 heterocycles. The molecule has 0 saturated carbocycles. The summed E-state index contributed by atoms with van der Waals surface area (Å²) >= 11 is 0. The lowest BCUT2D eigenvalue weighted by Crippen LogP contribution is -2.70. The van der Waals surface area contributed by atoms with Crippen LogP contribution in [0.5, 0.6) is 5.75 Å². The summed E-state index contributed by atoms with van der Waals surface area (Å²) < 4.78 is 5.20. The van der Waals surface area contributed by atoms with E-state index >= 15 is 0 Å². The van der Waals surface area contributed by atoms with Crippen molar-refractivity contribution in [3.8, 4) is 17.6 Å². The van der Waals surface area contributed by atoms with Crippen molar-refractivity contribution in [3.63, 3.8) is 0 Å². The number of pyridine rings is 1. The highest BCUT2D eigenvalue weighted by atomic mass is 16.5. The third-order valence-electron chi connectivity index (χ3n) is 4.21. The quantitative estimate of drug-likeness (QED) is 0.691. The summed E-state index contributed by atoms with van der Waals surface area (Å²) in [5.41, 5.74) is 3.79. The number of piperidine rings is 1. The van der Waals surface area contributed by atoms with Crippen LogP contribution in [-0.4, -0.2) is 25.2 Å². The van der Waals surface area contributed by atoms with Gasteiger partial charge in [-0.15, -0.1) is 0 Å². The Morgan fingerprint density at radius 3 is 2.84 bits per heavy atom. The van der Waals surface area contributed by atoms with Crippen LogP contribution in [0.15, 0.2) is 54.2 Å². The molecule has 0 unspecified atom stereocenters. The Hall–Kier alpha value is -2.81. The van der Waals surface area contributed by atoms with E-state index in [0.29, 0.717) is 5.69 Å². The Kier molecular flexibility index (Phi) is 5.68. The van der Waals surface area contributed by atoms with Gasteiger partial charge in [-0.25, -0.2) is 4.98 Å². The smallest absolute Gasteiger partial charge is 0.191 e. The Morgan fingerprint density at radius 2 is 2.08 bits per heavy atom. The van der Waals surface area contributed by atoms with Crippen LogP contribution < -0.4 is 15.1 Å². The second-order valence-electron chi connectivity index (χ2n) is 5.83. The molecule has 0 bridgehead atoms. The van der Waals surface area contributed by atoms with Crippen molar-refractivity contribution < 1.29 is 10.2 Å². The number of anilines is 1. The van der Waals surface area contributed by atoms with E-state index in [1.165, 1.54) is 5.57 Å². The molecule has 0 amide bonds. The SMILES string of the molecule is COc1cccc(C#CC=C2CCN(c3ncccc3[NH2+][O-])CC2)c1. The molecule has 0 radical (unpaired) electrons. The summed E-state index contributed by atoms with van der Waals surface area (Å²) in [7, 11) is 1.65. The standard InChI is InChI=1S/C20H21N3O2/c1-25-18-8-3-7-17(15-18)6-2-5-16-10-13-23(14-11-16)20-19(22-24)9-4-12-21-20/h3-5,7-9,12,15H,10-11,13-14,22H2,1H3. The van der Waals surface area contributed by atoms with Crippen molar-refractivity contribution >= 4 is 11.5 Å². The highest BCUT2D eigenvalue weighted by molar-refractivity contribution is 5.57. The molecule has 1 aliphatic heterocycles. The normalized spacial score (nSPS) is 13.8. The first kappa shape index (κ1) is 17.0. The second-order valence-corrected chi connectivity index (χ2v) is 5.83. The van der Waals surface area contributed by atoms with Gasteiger partial charge in [0, 0.05) is 30.9 Å². The van der Waals surface area contributed by atoms with Gasteiger partial charge < -0.3 is 20.3 Å². The van der Waals surface area contributed by atoms with Gasteiger partial charge in [0.25, 0.3) is 0 Å². The fraction of sp³-hybridized carbons (Fsp3) is 0.250. The Labute approximate surface area is 147 Å². The number of methoxy groups -OCH3 is 1. The third-order valence-corrected chi connectivity index (χ3v) is 4.21. The molecule has 1 fully saturated rings. The first-order valence-corrected chi connectivity index (χ1v) is 8.29. The number of rotatable bonds is 3. The summed E-state index contributed by atoms with van der Waals surface area (Å²) in [5, 5.41) is 11.2. The molecule has 5 heteroatoms. The van der Waals surface area contributed by atoms with Gasteiger partial charge in [0.05, 0.1) is 7.11 Å². The number of allylic oxidation sites excluding steroid dienone is 1. The fourth-order valence-corrected chi connectivity index (χ4v) is 2.84. The predicted molar refractivity (Wildman–Crippen MR) is 98.6 cm³/mol. The molecule has 2 N–H and O–H groups in total. The average molecular weight is 335 g/mol. The molecule has 2 aromatic rings. The van der Waals surface area contributed by atoms with Crippen molar-refractivity contribution in [1.29, 1.82) is 0 Å². The lowest BCUT2D eigenvalue weighted by Gasteiger charge is -2.29. The van der Waals surface area contributed by atoms with Crippen LogP contribution in [0, 0.1) is 17.0 Å². The molecular formula is C20H21N3O2. The van der Waals surface area contributed by atoms with Crippen molar-refractivity contribution in [1.82, 2.24) is 4.98 Å².